The van der Waals surface area contributed by atoms with Gasteiger partial charge in [-0.3, -0.25) is 0 Å². The van der Waals surface area contributed by atoms with Gasteiger partial charge in [-0.15, -0.1) is 0 Å². The third kappa shape index (κ3) is 3.85. The second kappa shape index (κ2) is 10.2. The van der Waals surface area contributed by atoms with Crippen LogP contribution in [0.3, 0.4) is 0 Å². The zero-order chi connectivity index (χ0) is 32.0. The van der Waals surface area contributed by atoms with Crippen molar-refractivity contribution >= 4 is 38.5 Å². The van der Waals surface area contributed by atoms with Gasteiger partial charge in [0.15, 0.2) is 0 Å². The SMILES string of the molecule is CC1(C)c2cc(-c3ccc(-c4ccc5c(c4)c4c(n5-c5ccccc5)C=CCC4)cc3)ccc2-c2c1c1ccccc1c1ccccc21. The number of fused-ring (bicyclic) bond motifs is 11. The van der Waals surface area contributed by atoms with Crippen LogP contribution < -0.4 is 0 Å². The summed E-state index contributed by atoms with van der Waals surface area (Å²) in [6, 6.07) is 52.0. The van der Waals surface area contributed by atoms with Gasteiger partial charge in [0.1, 0.15) is 0 Å². The fourth-order valence-electron chi connectivity index (χ4n) is 8.79. The molecule has 0 unspecified atom stereocenters. The number of para-hydroxylation sites is 1. The molecule has 1 heterocycles. The molecule has 0 saturated carbocycles. The third-order valence-corrected chi connectivity index (χ3v) is 11.0. The first-order valence-corrected chi connectivity index (χ1v) is 17.2. The van der Waals surface area contributed by atoms with Crippen LogP contribution in [-0.2, 0) is 11.8 Å². The average molecular weight is 614 g/mol. The number of aryl methyl sites for hydroxylation is 1. The van der Waals surface area contributed by atoms with Crippen molar-refractivity contribution in [3.63, 3.8) is 0 Å². The van der Waals surface area contributed by atoms with Crippen molar-refractivity contribution in [3.05, 3.63) is 168 Å². The maximum atomic E-state index is 2.45. The van der Waals surface area contributed by atoms with Gasteiger partial charge in [-0.2, -0.15) is 0 Å². The van der Waals surface area contributed by atoms with E-state index in [0.29, 0.717) is 0 Å². The molecule has 0 radical (unpaired) electrons. The van der Waals surface area contributed by atoms with E-state index in [-0.39, 0.29) is 5.41 Å². The summed E-state index contributed by atoms with van der Waals surface area (Å²) in [5.74, 6) is 0. The Labute approximate surface area is 281 Å². The molecular weight excluding hydrogens is 579 g/mol. The standard InChI is InChI=1S/C47H35N/c1-47(2)42-29-33(24-26-40(42)45-38-17-8-6-14-35(38)36-15-7-9-18-39(36)46(45)47)31-22-20-30(21-23-31)32-25-27-44-41(28-32)37-16-10-11-19-43(37)48(44)34-12-4-3-5-13-34/h3-9,11-15,17-29H,10,16H2,1-2H3. The minimum absolute atomic E-state index is 0.107. The number of hydrogen-bond acceptors (Lipinski definition) is 0. The van der Waals surface area contributed by atoms with Crippen LogP contribution in [0.4, 0.5) is 0 Å². The van der Waals surface area contributed by atoms with Crippen LogP contribution in [0, 0.1) is 0 Å². The topological polar surface area (TPSA) is 4.93 Å². The molecule has 0 fully saturated rings. The number of hydrogen-bond donors (Lipinski definition) is 0. The van der Waals surface area contributed by atoms with Gasteiger partial charge in [0.25, 0.3) is 0 Å². The van der Waals surface area contributed by atoms with Gasteiger partial charge in [-0.05, 0) is 121 Å². The fourth-order valence-corrected chi connectivity index (χ4v) is 8.79. The van der Waals surface area contributed by atoms with Crippen molar-refractivity contribution in [2.45, 2.75) is 32.1 Å². The molecule has 0 bridgehead atoms. The Morgan fingerprint density at radius 1 is 0.542 bits per heavy atom. The quantitative estimate of drug-likeness (QED) is 0.175. The number of aromatic nitrogens is 1. The minimum Gasteiger partial charge on any atom is -0.310 e. The Kier molecular flexibility index (Phi) is 5.82. The minimum atomic E-state index is -0.107. The molecular formula is C47H35N. The maximum Gasteiger partial charge on any atom is 0.0538 e. The highest BCUT2D eigenvalue weighted by atomic mass is 15.0. The summed E-state index contributed by atoms with van der Waals surface area (Å²) < 4.78 is 2.42. The van der Waals surface area contributed by atoms with E-state index in [1.165, 1.54) is 93.9 Å². The first kappa shape index (κ1) is 27.5. The second-order valence-electron chi connectivity index (χ2n) is 14.0. The lowest BCUT2D eigenvalue weighted by molar-refractivity contribution is 0.667. The van der Waals surface area contributed by atoms with Crippen molar-refractivity contribution in [2.24, 2.45) is 0 Å². The fraction of sp³-hybridized carbons (Fsp3) is 0.106. The van der Waals surface area contributed by atoms with Crippen LogP contribution in [0.1, 0.15) is 42.7 Å². The molecule has 0 spiro atoms. The molecule has 0 N–H and O–H groups in total. The molecule has 0 atom stereocenters. The summed E-state index contributed by atoms with van der Waals surface area (Å²) in [7, 11) is 0. The van der Waals surface area contributed by atoms with E-state index >= 15 is 0 Å². The van der Waals surface area contributed by atoms with Gasteiger partial charge < -0.3 is 4.57 Å². The summed E-state index contributed by atoms with van der Waals surface area (Å²) in [4.78, 5) is 0. The average Bonchev–Trinajstić information content (AvgIpc) is 3.60. The van der Waals surface area contributed by atoms with Crippen LogP contribution in [0.15, 0.2) is 146 Å². The normalized spacial score (nSPS) is 14.4. The predicted molar refractivity (Wildman–Crippen MR) is 204 cm³/mol. The molecule has 1 aromatic heterocycles. The first-order valence-electron chi connectivity index (χ1n) is 17.2. The summed E-state index contributed by atoms with van der Waals surface area (Å²) in [6.07, 6.45) is 6.79. The van der Waals surface area contributed by atoms with Crippen LogP contribution in [0.2, 0.25) is 0 Å². The first-order chi connectivity index (χ1) is 23.6. The third-order valence-electron chi connectivity index (χ3n) is 11.0. The van der Waals surface area contributed by atoms with Crippen molar-refractivity contribution in [1.82, 2.24) is 4.57 Å². The van der Waals surface area contributed by atoms with Crippen LogP contribution >= 0.6 is 0 Å². The molecule has 7 aromatic carbocycles. The molecule has 0 saturated heterocycles. The lowest BCUT2D eigenvalue weighted by Gasteiger charge is -2.24. The summed E-state index contributed by atoms with van der Waals surface area (Å²) >= 11 is 0. The van der Waals surface area contributed by atoms with Crippen molar-refractivity contribution in [3.8, 4) is 39.1 Å². The molecule has 2 aliphatic rings. The van der Waals surface area contributed by atoms with Crippen LogP contribution in [0.5, 0.6) is 0 Å². The zero-order valence-corrected chi connectivity index (χ0v) is 27.3. The number of nitrogens with zero attached hydrogens (tertiary/aromatic N) is 1. The molecule has 1 nitrogen and oxygen atoms in total. The van der Waals surface area contributed by atoms with Gasteiger partial charge >= 0.3 is 0 Å². The number of allylic oxidation sites excluding steroid dienone is 1. The van der Waals surface area contributed by atoms with Gasteiger partial charge in [-0.25, -0.2) is 0 Å². The smallest absolute Gasteiger partial charge is 0.0538 e. The molecule has 10 rings (SSSR count). The molecule has 8 aromatic rings. The number of benzene rings is 7. The van der Waals surface area contributed by atoms with Gasteiger partial charge in [0.2, 0.25) is 0 Å². The van der Waals surface area contributed by atoms with Gasteiger partial charge in [-0.1, -0.05) is 129 Å². The Morgan fingerprint density at radius 3 is 1.90 bits per heavy atom. The van der Waals surface area contributed by atoms with E-state index in [9.17, 15) is 0 Å². The highest BCUT2D eigenvalue weighted by molar-refractivity contribution is 6.18. The van der Waals surface area contributed by atoms with E-state index < -0.39 is 0 Å². The molecule has 48 heavy (non-hydrogen) atoms. The Morgan fingerprint density at radius 2 is 1.15 bits per heavy atom. The van der Waals surface area contributed by atoms with Crippen LogP contribution in [-0.4, -0.2) is 4.57 Å². The monoisotopic (exact) mass is 613 g/mol. The molecule has 2 aliphatic carbocycles. The highest BCUT2D eigenvalue weighted by Crippen LogP contribution is 2.55. The zero-order valence-electron chi connectivity index (χ0n) is 27.3. The lowest BCUT2D eigenvalue weighted by atomic mass is 9.79. The van der Waals surface area contributed by atoms with Gasteiger partial charge in [0.05, 0.1) is 5.52 Å². The molecule has 1 heteroatoms. The Bertz CT molecular complexity index is 2610. The van der Waals surface area contributed by atoms with Gasteiger partial charge in [0, 0.05) is 22.2 Å². The summed E-state index contributed by atoms with van der Waals surface area (Å²) in [5, 5.41) is 6.76. The summed E-state index contributed by atoms with van der Waals surface area (Å²) in [5.41, 5.74) is 15.8. The summed E-state index contributed by atoms with van der Waals surface area (Å²) in [6.45, 7) is 4.81. The molecule has 0 amide bonds. The molecule has 0 aliphatic heterocycles. The largest absolute Gasteiger partial charge is 0.310 e. The second-order valence-corrected chi connectivity index (χ2v) is 14.0. The van der Waals surface area contributed by atoms with Crippen LogP contribution in [0.25, 0.3) is 77.6 Å². The number of rotatable bonds is 3. The van der Waals surface area contributed by atoms with Crippen molar-refractivity contribution in [2.75, 3.05) is 0 Å². The van der Waals surface area contributed by atoms with Crippen molar-refractivity contribution in [1.29, 1.82) is 0 Å². The highest BCUT2D eigenvalue weighted by Gasteiger charge is 2.38. The Hall–Kier alpha value is -5.66. The lowest BCUT2D eigenvalue weighted by Crippen LogP contribution is -2.15. The molecule has 228 valence electrons. The maximum absolute atomic E-state index is 2.45. The van der Waals surface area contributed by atoms with E-state index in [1.54, 1.807) is 0 Å². The van der Waals surface area contributed by atoms with E-state index in [1.807, 2.05) is 0 Å². The Balaban J connectivity index is 1.05. The van der Waals surface area contributed by atoms with E-state index in [2.05, 4.69) is 170 Å². The van der Waals surface area contributed by atoms with E-state index in [4.69, 9.17) is 0 Å². The predicted octanol–water partition coefficient (Wildman–Crippen LogP) is 12.5. The van der Waals surface area contributed by atoms with Crippen molar-refractivity contribution < 1.29 is 0 Å². The van der Waals surface area contributed by atoms with E-state index in [0.717, 1.165) is 12.8 Å².